The van der Waals surface area contributed by atoms with Crippen LogP contribution in [0.25, 0.3) is 0 Å². The first-order valence-electron chi connectivity index (χ1n) is 7.84. The molecule has 1 aliphatic heterocycles. The number of sulfonamides is 1. The monoisotopic (exact) mass is 365 g/mol. The number of carbonyl (C=O) groups excluding carboxylic acids is 1. The molecule has 1 amide bonds. The molecule has 0 saturated carbocycles. The summed E-state index contributed by atoms with van der Waals surface area (Å²) in [7, 11) is -3.42. The van der Waals surface area contributed by atoms with Gasteiger partial charge >= 0.3 is 0 Å². The lowest BCUT2D eigenvalue weighted by Crippen LogP contribution is -2.35. The van der Waals surface area contributed by atoms with E-state index in [4.69, 9.17) is 0 Å². The fourth-order valence-corrected chi connectivity index (χ4v) is 5.65. The van der Waals surface area contributed by atoms with E-state index in [9.17, 15) is 13.2 Å². The van der Waals surface area contributed by atoms with Crippen LogP contribution >= 0.6 is 11.3 Å². The van der Waals surface area contributed by atoms with Gasteiger partial charge in [-0.25, -0.2) is 8.42 Å². The average molecular weight is 365 g/mol. The Bertz CT molecular complexity index is 797. The number of amides is 1. The number of piperidine rings is 1. The zero-order valence-electron chi connectivity index (χ0n) is 13.1. The van der Waals surface area contributed by atoms with Crippen LogP contribution in [-0.2, 0) is 21.2 Å². The minimum atomic E-state index is -3.42. The molecule has 6 nitrogen and oxygen atoms in total. The molecule has 1 saturated heterocycles. The van der Waals surface area contributed by atoms with Crippen molar-refractivity contribution in [1.82, 2.24) is 9.29 Å². The largest absolute Gasteiger partial charge is 0.326 e. The highest BCUT2D eigenvalue weighted by molar-refractivity contribution is 7.91. The lowest BCUT2D eigenvalue weighted by Gasteiger charge is -2.25. The molecule has 0 unspecified atom stereocenters. The van der Waals surface area contributed by atoms with E-state index in [1.165, 1.54) is 11.3 Å². The SMILES string of the molecule is O=C(Cc1ccc(S(=O)(=O)N2CCCCC2)s1)Nc1ccncc1. The Morgan fingerprint density at radius 3 is 2.54 bits per heavy atom. The Kier molecular flexibility index (Phi) is 5.27. The summed E-state index contributed by atoms with van der Waals surface area (Å²) in [5, 5.41) is 2.77. The molecule has 128 valence electrons. The van der Waals surface area contributed by atoms with Gasteiger partial charge in [-0.2, -0.15) is 4.31 Å². The van der Waals surface area contributed by atoms with E-state index in [-0.39, 0.29) is 12.3 Å². The van der Waals surface area contributed by atoms with Crippen LogP contribution < -0.4 is 5.32 Å². The highest BCUT2D eigenvalue weighted by Gasteiger charge is 2.27. The molecule has 0 radical (unpaired) electrons. The average Bonchev–Trinajstić information content (AvgIpc) is 3.05. The molecular weight excluding hydrogens is 346 g/mol. The van der Waals surface area contributed by atoms with E-state index >= 15 is 0 Å². The van der Waals surface area contributed by atoms with Crippen LogP contribution in [0.2, 0.25) is 0 Å². The molecule has 2 aromatic rings. The Morgan fingerprint density at radius 1 is 1.12 bits per heavy atom. The Morgan fingerprint density at radius 2 is 1.83 bits per heavy atom. The van der Waals surface area contributed by atoms with Crippen molar-refractivity contribution in [2.45, 2.75) is 29.9 Å². The Hall–Kier alpha value is -1.77. The van der Waals surface area contributed by atoms with Gasteiger partial charge in [-0.15, -0.1) is 11.3 Å². The van der Waals surface area contributed by atoms with Gasteiger partial charge in [-0.1, -0.05) is 6.42 Å². The van der Waals surface area contributed by atoms with Gasteiger partial charge in [0.05, 0.1) is 6.42 Å². The predicted molar refractivity (Wildman–Crippen MR) is 93.5 cm³/mol. The summed E-state index contributed by atoms with van der Waals surface area (Å²) in [5.41, 5.74) is 0.674. The molecule has 1 fully saturated rings. The highest BCUT2D eigenvalue weighted by Crippen LogP contribution is 2.27. The van der Waals surface area contributed by atoms with Crippen LogP contribution in [-0.4, -0.2) is 36.7 Å². The molecule has 24 heavy (non-hydrogen) atoms. The third kappa shape index (κ3) is 4.00. The molecule has 0 bridgehead atoms. The van der Waals surface area contributed by atoms with Crippen LogP contribution in [0, 0.1) is 0 Å². The molecule has 0 spiro atoms. The zero-order valence-corrected chi connectivity index (χ0v) is 14.8. The number of nitrogens with zero attached hydrogens (tertiary/aromatic N) is 2. The number of carbonyl (C=O) groups is 1. The molecule has 0 aliphatic carbocycles. The normalized spacial score (nSPS) is 16.0. The van der Waals surface area contributed by atoms with Crippen molar-refractivity contribution >= 4 is 33.0 Å². The number of rotatable bonds is 5. The first kappa shape index (κ1) is 17.1. The molecule has 3 heterocycles. The maximum absolute atomic E-state index is 12.6. The zero-order chi connectivity index (χ0) is 17.0. The summed E-state index contributed by atoms with van der Waals surface area (Å²) < 4.78 is 27.1. The van der Waals surface area contributed by atoms with Crippen molar-refractivity contribution in [2.75, 3.05) is 18.4 Å². The summed E-state index contributed by atoms with van der Waals surface area (Å²) in [6, 6.07) is 6.73. The molecule has 1 N–H and O–H groups in total. The van der Waals surface area contributed by atoms with E-state index in [2.05, 4.69) is 10.3 Å². The maximum atomic E-state index is 12.6. The minimum absolute atomic E-state index is 0.155. The van der Waals surface area contributed by atoms with Gasteiger partial charge in [0.15, 0.2) is 0 Å². The van der Waals surface area contributed by atoms with Crippen molar-refractivity contribution in [3.05, 3.63) is 41.5 Å². The second-order valence-corrected chi connectivity index (χ2v) is 8.98. The third-order valence-electron chi connectivity index (χ3n) is 3.85. The number of thiophene rings is 1. The number of hydrogen-bond donors (Lipinski definition) is 1. The van der Waals surface area contributed by atoms with Crippen LogP contribution in [0.15, 0.2) is 40.9 Å². The van der Waals surface area contributed by atoms with Gasteiger partial charge in [0, 0.05) is 36.0 Å². The lowest BCUT2D eigenvalue weighted by atomic mass is 10.2. The Balaban J connectivity index is 1.65. The topological polar surface area (TPSA) is 79.4 Å². The van der Waals surface area contributed by atoms with Crippen molar-refractivity contribution in [1.29, 1.82) is 0 Å². The second-order valence-electron chi connectivity index (χ2n) is 5.65. The van der Waals surface area contributed by atoms with Gasteiger partial charge in [0.1, 0.15) is 4.21 Å². The van der Waals surface area contributed by atoms with Crippen LogP contribution in [0.1, 0.15) is 24.1 Å². The van der Waals surface area contributed by atoms with E-state index in [1.54, 1.807) is 41.0 Å². The maximum Gasteiger partial charge on any atom is 0.252 e. The van der Waals surface area contributed by atoms with Crippen LogP contribution in [0.4, 0.5) is 5.69 Å². The van der Waals surface area contributed by atoms with Gasteiger partial charge in [0.2, 0.25) is 5.91 Å². The van der Waals surface area contributed by atoms with Crippen LogP contribution in [0.3, 0.4) is 0 Å². The van der Waals surface area contributed by atoms with E-state index < -0.39 is 10.0 Å². The quantitative estimate of drug-likeness (QED) is 0.883. The summed E-state index contributed by atoms with van der Waals surface area (Å²) in [5.74, 6) is -0.176. The van der Waals surface area contributed by atoms with Crippen molar-refractivity contribution < 1.29 is 13.2 Å². The Labute approximate surface area is 145 Å². The van der Waals surface area contributed by atoms with Crippen LogP contribution in [0.5, 0.6) is 0 Å². The lowest BCUT2D eigenvalue weighted by molar-refractivity contribution is -0.115. The number of aromatic nitrogens is 1. The standard InChI is InChI=1S/C16H19N3O3S2/c20-15(18-13-6-8-17-9-7-13)12-14-4-5-16(23-14)24(21,22)19-10-2-1-3-11-19/h4-9H,1-3,10-12H2,(H,17,18,20). The molecule has 1 aliphatic rings. The molecule has 2 aromatic heterocycles. The number of anilines is 1. The molecule has 0 atom stereocenters. The summed E-state index contributed by atoms with van der Waals surface area (Å²) in [6.45, 7) is 1.16. The minimum Gasteiger partial charge on any atom is -0.326 e. The first-order chi connectivity index (χ1) is 11.6. The van der Waals surface area contributed by atoms with Crippen molar-refractivity contribution in [2.24, 2.45) is 0 Å². The molecule has 3 rings (SSSR count). The first-order valence-corrected chi connectivity index (χ1v) is 10.1. The van der Waals surface area contributed by atoms with E-state index in [0.29, 0.717) is 23.0 Å². The molecule has 0 aromatic carbocycles. The van der Waals surface area contributed by atoms with E-state index in [0.717, 1.165) is 24.1 Å². The van der Waals surface area contributed by atoms with E-state index in [1.807, 2.05) is 0 Å². The van der Waals surface area contributed by atoms with Crippen molar-refractivity contribution in [3.8, 4) is 0 Å². The van der Waals surface area contributed by atoms with Gasteiger partial charge in [-0.3, -0.25) is 9.78 Å². The van der Waals surface area contributed by atoms with Crippen molar-refractivity contribution in [3.63, 3.8) is 0 Å². The summed E-state index contributed by atoms with van der Waals surface area (Å²) in [6.07, 6.45) is 6.26. The van der Waals surface area contributed by atoms with Gasteiger partial charge in [-0.05, 0) is 37.1 Å². The molecular formula is C16H19N3O3S2. The smallest absolute Gasteiger partial charge is 0.252 e. The van der Waals surface area contributed by atoms with Gasteiger partial charge < -0.3 is 5.32 Å². The highest BCUT2D eigenvalue weighted by atomic mass is 32.2. The number of hydrogen-bond acceptors (Lipinski definition) is 5. The summed E-state index contributed by atoms with van der Waals surface area (Å²) in [4.78, 5) is 16.7. The second kappa shape index (κ2) is 7.42. The fraction of sp³-hybridized carbons (Fsp3) is 0.375. The number of nitrogens with one attached hydrogen (secondary N) is 1. The predicted octanol–water partition coefficient (Wildman–Crippen LogP) is 2.50. The number of pyridine rings is 1. The molecule has 8 heteroatoms. The summed E-state index contributed by atoms with van der Waals surface area (Å²) >= 11 is 1.17. The van der Waals surface area contributed by atoms with Gasteiger partial charge in [0.25, 0.3) is 10.0 Å². The third-order valence-corrected chi connectivity index (χ3v) is 7.30. The fourth-order valence-electron chi connectivity index (χ4n) is 2.62.